The Balaban J connectivity index is 1.96. The first-order chi connectivity index (χ1) is 8.56. The Morgan fingerprint density at radius 1 is 1.22 bits per heavy atom. The topological polar surface area (TPSA) is 38.0 Å². The van der Waals surface area contributed by atoms with E-state index in [2.05, 4.69) is 53.3 Å². The Morgan fingerprint density at radius 3 is 2.61 bits per heavy atom. The number of benzene rings is 1. The first-order valence-electron chi connectivity index (χ1n) is 5.91. The number of hydrogen-bond donors (Lipinski definition) is 2. The van der Waals surface area contributed by atoms with Crippen LogP contribution in [0.2, 0.25) is 0 Å². The highest BCUT2D eigenvalue weighted by Crippen LogP contribution is 2.24. The van der Waals surface area contributed by atoms with Crippen molar-refractivity contribution in [3.8, 4) is 0 Å². The highest BCUT2D eigenvalue weighted by Gasteiger charge is 2.03. The molecule has 0 saturated heterocycles. The van der Waals surface area contributed by atoms with Crippen LogP contribution in [0.25, 0.3) is 0 Å². The zero-order chi connectivity index (χ0) is 13.1. The van der Waals surface area contributed by atoms with Gasteiger partial charge in [-0.25, -0.2) is 0 Å². The van der Waals surface area contributed by atoms with Gasteiger partial charge in [0.05, 0.1) is 15.2 Å². The van der Waals surface area contributed by atoms with Gasteiger partial charge in [-0.3, -0.25) is 0 Å². The maximum Gasteiger partial charge on any atom is 0.0701 e. The van der Waals surface area contributed by atoms with Crippen LogP contribution in [0.4, 0.5) is 11.4 Å². The van der Waals surface area contributed by atoms with Crippen LogP contribution in [0, 0.1) is 13.8 Å². The molecule has 0 spiro atoms. The quantitative estimate of drug-likeness (QED) is 0.820. The molecular formula is C14H17BrN2S. The van der Waals surface area contributed by atoms with Crippen molar-refractivity contribution in [1.29, 1.82) is 0 Å². The molecular weight excluding hydrogens is 308 g/mol. The maximum atomic E-state index is 6.01. The SMILES string of the molecule is Cc1cc(N)c(NCCc2ccc(Br)s2)cc1C. The van der Waals surface area contributed by atoms with Crippen LogP contribution in [0.3, 0.4) is 0 Å². The molecule has 2 rings (SSSR count). The van der Waals surface area contributed by atoms with E-state index in [1.807, 2.05) is 6.07 Å². The van der Waals surface area contributed by atoms with Crippen molar-refractivity contribution in [2.75, 3.05) is 17.6 Å². The average Bonchev–Trinajstić information content (AvgIpc) is 2.71. The molecule has 0 aliphatic rings. The average molecular weight is 325 g/mol. The summed E-state index contributed by atoms with van der Waals surface area (Å²) in [6.07, 6.45) is 1.02. The molecule has 1 heterocycles. The van der Waals surface area contributed by atoms with Gasteiger partial charge in [0, 0.05) is 11.4 Å². The Labute approximate surface area is 120 Å². The lowest BCUT2D eigenvalue weighted by Crippen LogP contribution is -2.06. The Hall–Kier alpha value is -1.00. The van der Waals surface area contributed by atoms with E-state index in [9.17, 15) is 0 Å². The molecule has 0 aliphatic carbocycles. The van der Waals surface area contributed by atoms with Gasteiger partial charge in [-0.05, 0) is 71.6 Å². The predicted molar refractivity (Wildman–Crippen MR) is 84.5 cm³/mol. The molecule has 1 aromatic carbocycles. The standard InChI is InChI=1S/C14H17BrN2S/c1-9-7-12(16)13(8-10(9)2)17-6-5-11-3-4-14(15)18-11/h3-4,7-8,17H,5-6,16H2,1-2H3. The fourth-order valence-corrected chi connectivity index (χ4v) is 3.28. The molecule has 96 valence electrons. The van der Waals surface area contributed by atoms with Crippen LogP contribution >= 0.6 is 27.3 Å². The molecule has 0 radical (unpaired) electrons. The van der Waals surface area contributed by atoms with Crippen LogP contribution in [-0.4, -0.2) is 6.54 Å². The predicted octanol–water partition coefficient (Wildman–Crippen LogP) is 4.36. The third-order valence-corrected chi connectivity index (χ3v) is 4.66. The Morgan fingerprint density at radius 2 is 1.94 bits per heavy atom. The molecule has 1 aromatic heterocycles. The normalized spacial score (nSPS) is 10.6. The summed E-state index contributed by atoms with van der Waals surface area (Å²) in [5.41, 5.74) is 10.4. The summed E-state index contributed by atoms with van der Waals surface area (Å²) in [5, 5.41) is 3.41. The minimum absolute atomic E-state index is 0.825. The molecule has 0 aliphatic heterocycles. The first kappa shape index (κ1) is 13.4. The van der Waals surface area contributed by atoms with Crippen molar-refractivity contribution in [3.05, 3.63) is 44.1 Å². The van der Waals surface area contributed by atoms with E-state index in [0.29, 0.717) is 0 Å². The largest absolute Gasteiger partial charge is 0.397 e. The number of aryl methyl sites for hydroxylation is 2. The number of nitrogens with two attached hydrogens (primary N) is 1. The molecule has 2 nitrogen and oxygen atoms in total. The lowest BCUT2D eigenvalue weighted by Gasteiger charge is -2.11. The van der Waals surface area contributed by atoms with Gasteiger partial charge in [0.15, 0.2) is 0 Å². The fourth-order valence-electron chi connectivity index (χ4n) is 1.80. The van der Waals surface area contributed by atoms with E-state index >= 15 is 0 Å². The number of hydrogen-bond acceptors (Lipinski definition) is 3. The van der Waals surface area contributed by atoms with Gasteiger partial charge >= 0.3 is 0 Å². The summed E-state index contributed by atoms with van der Waals surface area (Å²) in [6.45, 7) is 5.09. The first-order valence-corrected chi connectivity index (χ1v) is 7.52. The molecule has 4 heteroatoms. The molecule has 3 N–H and O–H groups in total. The summed E-state index contributed by atoms with van der Waals surface area (Å²) in [5.74, 6) is 0. The number of nitrogen functional groups attached to an aromatic ring is 1. The Bertz CT molecular complexity index is 549. The second kappa shape index (κ2) is 5.76. The minimum atomic E-state index is 0.825. The number of rotatable bonds is 4. The third-order valence-electron chi connectivity index (χ3n) is 2.98. The van der Waals surface area contributed by atoms with E-state index in [1.165, 1.54) is 19.8 Å². The van der Waals surface area contributed by atoms with Gasteiger partial charge in [-0.15, -0.1) is 11.3 Å². The van der Waals surface area contributed by atoms with Crippen molar-refractivity contribution in [1.82, 2.24) is 0 Å². The van der Waals surface area contributed by atoms with Crippen LogP contribution in [0.15, 0.2) is 28.1 Å². The van der Waals surface area contributed by atoms with Gasteiger partial charge in [0.1, 0.15) is 0 Å². The molecule has 0 atom stereocenters. The molecule has 2 aromatic rings. The molecule has 0 amide bonds. The molecule has 0 bridgehead atoms. The van der Waals surface area contributed by atoms with Crippen molar-refractivity contribution in [2.45, 2.75) is 20.3 Å². The van der Waals surface area contributed by atoms with E-state index in [0.717, 1.165) is 24.3 Å². The minimum Gasteiger partial charge on any atom is -0.397 e. The Kier molecular flexibility index (Phi) is 4.30. The highest BCUT2D eigenvalue weighted by molar-refractivity contribution is 9.11. The van der Waals surface area contributed by atoms with Crippen molar-refractivity contribution < 1.29 is 0 Å². The summed E-state index contributed by atoms with van der Waals surface area (Å²) < 4.78 is 1.18. The fraction of sp³-hybridized carbons (Fsp3) is 0.286. The van der Waals surface area contributed by atoms with Gasteiger partial charge in [0.25, 0.3) is 0 Å². The molecule has 18 heavy (non-hydrogen) atoms. The molecule has 0 fully saturated rings. The molecule has 0 saturated carbocycles. The molecule has 0 unspecified atom stereocenters. The van der Waals surface area contributed by atoms with Crippen molar-refractivity contribution in [3.63, 3.8) is 0 Å². The summed E-state index contributed by atoms with van der Waals surface area (Å²) in [6, 6.07) is 8.39. The zero-order valence-corrected chi connectivity index (χ0v) is 13.0. The van der Waals surface area contributed by atoms with Crippen LogP contribution in [0.5, 0.6) is 0 Å². The number of thiophene rings is 1. The van der Waals surface area contributed by atoms with Gasteiger partial charge in [-0.2, -0.15) is 0 Å². The number of halogens is 1. The summed E-state index contributed by atoms with van der Waals surface area (Å²) in [7, 11) is 0. The summed E-state index contributed by atoms with van der Waals surface area (Å²) >= 11 is 5.25. The van der Waals surface area contributed by atoms with Crippen molar-refractivity contribution in [2.24, 2.45) is 0 Å². The smallest absolute Gasteiger partial charge is 0.0701 e. The van der Waals surface area contributed by atoms with Crippen LogP contribution in [0.1, 0.15) is 16.0 Å². The second-order valence-electron chi connectivity index (χ2n) is 4.41. The van der Waals surface area contributed by atoms with Gasteiger partial charge in [0.2, 0.25) is 0 Å². The highest BCUT2D eigenvalue weighted by atomic mass is 79.9. The van der Waals surface area contributed by atoms with Crippen LogP contribution in [-0.2, 0) is 6.42 Å². The van der Waals surface area contributed by atoms with Crippen LogP contribution < -0.4 is 11.1 Å². The van der Waals surface area contributed by atoms with E-state index in [-0.39, 0.29) is 0 Å². The monoisotopic (exact) mass is 324 g/mol. The second-order valence-corrected chi connectivity index (χ2v) is 6.95. The van der Waals surface area contributed by atoms with Gasteiger partial charge in [-0.1, -0.05) is 0 Å². The number of anilines is 2. The lowest BCUT2D eigenvalue weighted by molar-refractivity contribution is 1.04. The van der Waals surface area contributed by atoms with E-state index in [1.54, 1.807) is 11.3 Å². The van der Waals surface area contributed by atoms with E-state index in [4.69, 9.17) is 5.73 Å². The summed E-state index contributed by atoms with van der Waals surface area (Å²) in [4.78, 5) is 1.37. The van der Waals surface area contributed by atoms with E-state index < -0.39 is 0 Å². The lowest BCUT2D eigenvalue weighted by atomic mass is 10.1. The van der Waals surface area contributed by atoms with Crippen molar-refractivity contribution >= 4 is 38.6 Å². The zero-order valence-electron chi connectivity index (χ0n) is 10.6. The van der Waals surface area contributed by atoms with Gasteiger partial charge < -0.3 is 11.1 Å². The third kappa shape index (κ3) is 3.27. The number of nitrogens with one attached hydrogen (secondary N) is 1. The maximum absolute atomic E-state index is 6.01.